The van der Waals surface area contributed by atoms with Crippen LogP contribution in [0.1, 0.15) is 36.3 Å². The molecule has 1 aliphatic heterocycles. The predicted molar refractivity (Wildman–Crippen MR) is 117 cm³/mol. The van der Waals surface area contributed by atoms with Gasteiger partial charge in [-0.1, -0.05) is 18.2 Å². The van der Waals surface area contributed by atoms with Crippen molar-refractivity contribution in [3.63, 3.8) is 0 Å². The number of hydrogen-bond donors (Lipinski definition) is 2. The number of hydrogen-bond acceptors (Lipinski definition) is 5. The van der Waals surface area contributed by atoms with E-state index < -0.39 is 18.8 Å². The van der Waals surface area contributed by atoms with Gasteiger partial charge in [-0.25, -0.2) is 9.97 Å². The highest BCUT2D eigenvalue weighted by Crippen LogP contribution is 2.41. The van der Waals surface area contributed by atoms with Crippen LogP contribution in [0, 0.1) is 0 Å². The third kappa shape index (κ3) is 5.44. The summed E-state index contributed by atoms with van der Waals surface area (Å²) in [6.45, 7) is 1.73. The van der Waals surface area contributed by atoms with E-state index in [2.05, 4.69) is 20.3 Å². The van der Waals surface area contributed by atoms with Crippen molar-refractivity contribution in [1.29, 1.82) is 0 Å². The average Bonchev–Trinajstić information content (AvgIpc) is 3.14. The van der Waals surface area contributed by atoms with E-state index in [1.165, 1.54) is 11.2 Å². The third-order valence-electron chi connectivity index (χ3n) is 5.84. The van der Waals surface area contributed by atoms with Gasteiger partial charge in [-0.3, -0.25) is 9.29 Å². The average molecular weight is 465 g/mol. The van der Waals surface area contributed by atoms with E-state index in [0.29, 0.717) is 38.2 Å². The van der Waals surface area contributed by atoms with Crippen LogP contribution in [-0.4, -0.2) is 65.0 Å². The molecule has 6 nitrogen and oxygen atoms in total. The molecule has 2 atom stereocenters. The van der Waals surface area contributed by atoms with Gasteiger partial charge in [0.05, 0.1) is 25.0 Å². The fourth-order valence-corrected chi connectivity index (χ4v) is 4.41. The Bertz CT molecular complexity index is 1070. The number of alkyl halides is 4. The molecule has 33 heavy (non-hydrogen) atoms. The first kappa shape index (κ1) is 23.4. The smallest absolute Gasteiger partial charge is 0.401 e. The molecule has 3 aromatic rings. The van der Waals surface area contributed by atoms with Gasteiger partial charge in [-0.05, 0) is 37.9 Å². The van der Waals surface area contributed by atoms with Crippen LogP contribution in [0.15, 0.2) is 36.7 Å². The number of H-pyrrole nitrogens is 1. The first-order valence-electron chi connectivity index (χ1n) is 11.0. The molecule has 10 heteroatoms. The number of ether oxygens (including phenoxy) is 1. The van der Waals surface area contributed by atoms with Gasteiger partial charge in [-0.2, -0.15) is 13.2 Å². The van der Waals surface area contributed by atoms with Crippen LogP contribution < -0.4 is 10.1 Å². The van der Waals surface area contributed by atoms with Crippen molar-refractivity contribution in [3.05, 3.63) is 53.6 Å². The van der Waals surface area contributed by atoms with E-state index in [-0.39, 0.29) is 18.6 Å². The Balaban J connectivity index is 1.64. The lowest BCUT2D eigenvalue weighted by Gasteiger charge is -2.40. The van der Waals surface area contributed by atoms with Gasteiger partial charge >= 0.3 is 6.18 Å². The topological polar surface area (TPSA) is 66.1 Å². The normalized spacial score (nSPS) is 19.1. The number of halogens is 4. The lowest BCUT2D eigenvalue weighted by atomic mass is 9.90. The second-order valence-corrected chi connectivity index (χ2v) is 8.23. The summed E-state index contributed by atoms with van der Waals surface area (Å²) in [5.41, 5.74) is 3.06. The Morgan fingerprint density at radius 1 is 1.21 bits per heavy atom. The quantitative estimate of drug-likeness (QED) is 0.367. The van der Waals surface area contributed by atoms with Crippen molar-refractivity contribution < 1.29 is 22.3 Å². The van der Waals surface area contributed by atoms with Crippen LogP contribution in [0.5, 0.6) is 5.88 Å². The molecular formula is C23H27F4N5O. The molecular weight excluding hydrogens is 438 g/mol. The summed E-state index contributed by atoms with van der Waals surface area (Å²) in [7, 11) is 0. The van der Waals surface area contributed by atoms with Gasteiger partial charge in [0.15, 0.2) is 0 Å². The third-order valence-corrected chi connectivity index (χ3v) is 5.84. The molecule has 2 aromatic heterocycles. The molecule has 1 aliphatic rings. The maximum atomic E-state index is 13.5. The zero-order valence-electron chi connectivity index (χ0n) is 18.3. The van der Waals surface area contributed by atoms with Crippen LogP contribution in [0.4, 0.5) is 17.6 Å². The van der Waals surface area contributed by atoms with E-state index >= 15 is 0 Å². The Morgan fingerprint density at radius 2 is 2.03 bits per heavy atom. The molecule has 0 radical (unpaired) electrons. The molecule has 2 N–H and O–H groups in total. The summed E-state index contributed by atoms with van der Waals surface area (Å²) in [5, 5.41) is 4.07. The van der Waals surface area contributed by atoms with Gasteiger partial charge in [0.2, 0.25) is 5.88 Å². The molecule has 0 unspecified atom stereocenters. The van der Waals surface area contributed by atoms with E-state index in [4.69, 9.17) is 4.74 Å². The van der Waals surface area contributed by atoms with Gasteiger partial charge in [0, 0.05) is 35.2 Å². The molecule has 0 bridgehead atoms. The largest absolute Gasteiger partial charge is 0.476 e. The van der Waals surface area contributed by atoms with E-state index in [1.54, 1.807) is 6.07 Å². The molecule has 0 saturated carbocycles. The van der Waals surface area contributed by atoms with Crippen LogP contribution in [0.25, 0.3) is 10.9 Å². The lowest BCUT2D eigenvalue weighted by molar-refractivity contribution is -0.155. The molecule has 0 saturated heterocycles. The van der Waals surface area contributed by atoms with E-state index in [9.17, 15) is 17.6 Å². The number of aromatic nitrogens is 3. The minimum atomic E-state index is -4.35. The van der Waals surface area contributed by atoms with Crippen molar-refractivity contribution in [2.24, 2.45) is 0 Å². The van der Waals surface area contributed by atoms with Crippen LogP contribution in [0.2, 0.25) is 0 Å². The van der Waals surface area contributed by atoms with Crippen LogP contribution >= 0.6 is 0 Å². The number of para-hydroxylation sites is 1. The fraction of sp³-hybridized carbons (Fsp3) is 0.478. The Labute approximate surface area is 189 Å². The minimum Gasteiger partial charge on any atom is -0.476 e. The number of benzene rings is 1. The second-order valence-electron chi connectivity index (χ2n) is 8.23. The van der Waals surface area contributed by atoms with Crippen molar-refractivity contribution in [3.8, 4) is 5.88 Å². The predicted octanol–water partition coefficient (Wildman–Crippen LogP) is 4.18. The lowest BCUT2D eigenvalue weighted by Crippen LogP contribution is -2.47. The monoisotopic (exact) mass is 465 g/mol. The highest BCUT2D eigenvalue weighted by molar-refractivity contribution is 5.85. The van der Waals surface area contributed by atoms with E-state index in [0.717, 1.165) is 22.2 Å². The number of nitrogens with zero attached hydrogens (tertiary/aromatic N) is 3. The summed E-state index contributed by atoms with van der Waals surface area (Å²) < 4.78 is 58.4. The summed E-state index contributed by atoms with van der Waals surface area (Å²) in [5.74, 6) is 0.287. The Hall–Kier alpha value is -2.72. The first-order valence-corrected chi connectivity index (χ1v) is 11.0. The first-order chi connectivity index (χ1) is 15.9. The minimum absolute atomic E-state index is 0.287. The maximum Gasteiger partial charge on any atom is 0.401 e. The molecule has 0 aliphatic carbocycles. The van der Waals surface area contributed by atoms with Gasteiger partial charge < -0.3 is 15.0 Å². The molecule has 0 fully saturated rings. The van der Waals surface area contributed by atoms with Crippen molar-refractivity contribution in [2.75, 3.05) is 32.9 Å². The van der Waals surface area contributed by atoms with Gasteiger partial charge in [0.25, 0.3) is 0 Å². The summed E-state index contributed by atoms with van der Waals surface area (Å²) >= 11 is 0. The SMILES string of the molecule is C[C@@H]1Cc2c([nH]c3ccccc23)[C@@H](c2cc(OCCNCCCF)ncn2)N1CC(F)(F)F. The van der Waals surface area contributed by atoms with Crippen molar-refractivity contribution in [2.45, 2.75) is 38.0 Å². The Kier molecular flexibility index (Phi) is 7.14. The van der Waals surface area contributed by atoms with Crippen LogP contribution in [0.3, 0.4) is 0 Å². The number of aromatic amines is 1. The zero-order valence-corrected chi connectivity index (χ0v) is 18.3. The highest BCUT2D eigenvalue weighted by atomic mass is 19.4. The van der Waals surface area contributed by atoms with Crippen LogP contribution in [-0.2, 0) is 6.42 Å². The molecule has 1 aromatic carbocycles. The molecule has 0 amide bonds. The number of fused-ring (bicyclic) bond motifs is 3. The van der Waals surface area contributed by atoms with Gasteiger partial charge in [-0.15, -0.1) is 0 Å². The Morgan fingerprint density at radius 3 is 2.82 bits per heavy atom. The molecule has 178 valence electrons. The summed E-state index contributed by atoms with van der Waals surface area (Å²) in [6, 6.07) is 8.27. The molecule has 0 spiro atoms. The summed E-state index contributed by atoms with van der Waals surface area (Å²) in [6.07, 6.45) is -2.10. The van der Waals surface area contributed by atoms with Gasteiger partial charge in [0.1, 0.15) is 12.9 Å². The van der Waals surface area contributed by atoms with Crippen molar-refractivity contribution >= 4 is 10.9 Å². The molecule has 4 rings (SSSR count). The van der Waals surface area contributed by atoms with Crippen molar-refractivity contribution in [1.82, 2.24) is 25.2 Å². The number of nitrogens with one attached hydrogen (secondary N) is 2. The highest BCUT2D eigenvalue weighted by Gasteiger charge is 2.42. The maximum absolute atomic E-state index is 13.5. The molecule has 3 heterocycles. The second kappa shape index (κ2) is 10.0. The number of rotatable bonds is 9. The fourth-order valence-electron chi connectivity index (χ4n) is 4.41. The zero-order chi connectivity index (χ0) is 23.4. The summed E-state index contributed by atoms with van der Waals surface area (Å²) in [4.78, 5) is 13.2. The standard InChI is InChI=1S/C23H27F4N5O/c1-15-11-17-16-5-2-3-6-18(16)31-21(17)22(32(15)13-23(25,26)27)19-12-20(30-14-29-19)33-10-9-28-8-4-7-24/h2-3,5-6,12,14-15,22,28,31H,4,7-11,13H2,1H3/t15-,22-/m1/s1. The van der Waals surface area contributed by atoms with E-state index in [1.807, 2.05) is 31.2 Å².